The molecule has 1 aliphatic heterocycles. The molecule has 0 amide bonds. The lowest BCUT2D eigenvalue weighted by molar-refractivity contribution is 0.0945. The molecule has 4 heteroatoms. The SMILES string of the molecule is CCCCN1CCN(C(Cc2ccccc2)Cc2ccccc2)CC1.Cl.Cl. The third-order valence-electron chi connectivity index (χ3n) is 5.38. The van der Waals surface area contributed by atoms with Gasteiger partial charge in [0.05, 0.1) is 0 Å². The molecule has 2 aromatic rings. The molecule has 0 unspecified atom stereocenters. The quantitative estimate of drug-likeness (QED) is 0.598. The van der Waals surface area contributed by atoms with Crippen LogP contribution in [0.3, 0.4) is 0 Å². The Hall–Kier alpha value is -1.06. The van der Waals surface area contributed by atoms with Crippen LogP contribution in [0.25, 0.3) is 0 Å². The molecule has 0 bridgehead atoms. The van der Waals surface area contributed by atoms with Crippen molar-refractivity contribution >= 4 is 24.8 Å². The molecule has 0 aliphatic carbocycles. The molecule has 1 saturated heterocycles. The first kappa shape index (κ1) is 24.0. The first-order valence-electron chi connectivity index (χ1n) is 9.89. The van der Waals surface area contributed by atoms with Crippen molar-refractivity contribution in [2.75, 3.05) is 32.7 Å². The third-order valence-corrected chi connectivity index (χ3v) is 5.38. The molecule has 2 nitrogen and oxygen atoms in total. The smallest absolute Gasteiger partial charge is 0.0177 e. The number of hydrogen-bond donors (Lipinski definition) is 0. The second-order valence-electron chi connectivity index (χ2n) is 7.26. The zero-order chi connectivity index (χ0) is 17.3. The Labute approximate surface area is 177 Å². The minimum atomic E-state index is 0. The molecule has 0 N–H and O–H groups in total. The van der Waals surface area contributed by atoms with Crippen molar-refractivity contribution in [2.24, 2.45) is 0 Å². The molecular formula is C23H34Cl2N2. The van der Waals surface area contributed by atoms with E-state index in [1.165, 1.54) is 56.7 Å². The highest BCUT2D eigenvalue weighted by Crippen LogP contribution is 2.17. The van der Waals surface area contributed by atoms with E-state index >= 15 is 0 Å². The number of benzene rings is 2. The first-order chi connectivity index (χ1) is 12.3. The normalized spacial score (nSPS) is 15.2. The zero-order valence-electron chi connectivity index (χ0n) is 16.4. The van der Waals surface area contributed by atoms with E-state index in [9.17, 15) is 0 Å². The summed E-state index contributed by atoms with van der Waals surface area (Å²) < 4.78 is 0. The fraction of sp³-hybridized carbons (Fsp3) is 0.478. The van der Waals surface area contributed by atoms with Crippen LogP contribution in [0.1, 0.15) is 30.9 Å². The standard InChI is InChI=1S/C23H32N2.2ClH/c1-2-3-14-24-15-17-25(18-16-24)23(19-21-10-6-4-7-11-21)20-22-12-8-5-9-13-22;;/h4-13,23H,2-3,14-20H2,1H3;2*1H. The second-order valence-corrected chi connectivity index (χ2v) is 7.26. The van der Waals surface area contributed by atoms with Gasteiger partial charge < -0.3 is 4.90 Å². The van der Waals surface area contributed by atoms with Crippen LogP contribution in [-0.4, -0.2) is 48.6 Å². The Balaban J connectivity index is 0.00000182. The molecule has 1 heterocycles. The van der Waals surface area contributed by atoms with Gasteiger partial charge >= 0.3 is 0 Å². The van der Waals surface area contributed by atoms with Crippen molar-refractivity contribution in [3.63, 3.8) is 0 Å². The van der Waals surface area contributed by atoms with Crippen molar-refractivity contribution in [2.45, 2.75) is 38.6 Å². The summed E-state index contributed by atoms with van der Waals surface area (Å²) in [6.45, 7) is 8.40. The number of halogens is 2. The molecule has 3 rings (SSSR count). The van der Waals surface area contributed by atoms with E-state index in [0.29, 0.717) is 6.04 Å². The van der Waals surface area contributed by atoms with Crippen LogP contribution < -0.4 is 0 Å². The highest BCUT2D eigenvalue weighted by Gasteiger charge is 2.24. The van der Waals surface area contributed by atoms with E-state index in [4.69, 9.17) is 0 Å². The van der Waals surface area contributed by atoms with Gasteiger partial charge in [0.1, 0.15) is 0 Å². The Morgan fingerprint density at radius 1 is 0.741 bits per heavy atom. The largest absolute Gasteiger partial charge is 0.301 e. The lowest BCUT2D eigenvalue weighted by Gasteiger charge is -2.39. The maximum atomic E-state index is 2.72. The summed E-state index contributed by atoms with van der Waals surface area (Å²) in [6, 6.07) is 22.6. The van der Waals surface area contributed by atoms with Gasteiger partial charge in [-0.25, -0.2) is 0 Å². The maximum Gasteiger partial charge on any atom is 0.0177 e. The maximum absolute atomic E-state index is 2.72. The topological polar surface area (TPSA) is 6.48 Å². The van der Waals surface area contributed by atoms with Crippen molar-refractivity contribution < 1.29 is 0 Å². The van der Waals surface area contributed by atoms with Crippen LogP contribution in [0.5, 0.6) is 0 Å². The Bertz CT molecular complexity index is 557. The lowest BCUT2D eigenvalue weighted by Crippen LogP contribution is -2.51. The second kappa shape index (κ2) is 13.2. The van der Waals surface area contributed by atoms with Crippen LogP contribution in [0.15, 0.2) is 60.7 Å². The van der Waals surface area contributed by atoms with Crippen LogP contribution in [0.2, 0.25) is 0 Å². The summed E-state index contributed by atoms with van der Waals surface area (Å²) in [7, 11) is 0. The molecule has 0 atom stereocenters. The number of hydrogen-bond acceptors (Lipinski definition) is 2. The number of rotatable bonds is 8. The third kappa shape index (κ3) is 7.83. The van der Waals surface area contributed by atoms with Gasteiger partial charge in [-0.15, -0.1) is 24.8 Å². The number of unbranched alkanes of at least 4 members (excludes halogenated alkanes) is 1. The number of piperazine rings is 1. The predicted molar refractivity (Wildman–Crippen MR) is 121 cm³/mol. The van der Waals surface area contributed by atoms with E-state index in [1.54, 1.807) is 0 Å². The Kier molecular flexibility index (Phi) is 11.7. The van der Waals surface area contributed by atoms with Gasteiger partial charge in [0.25, 0.3) is 0 Å². The Morgan fingerprint density at radius 3 is 1.67 bits per heavy atom. The highest BCUT2D eigenvalue weighted by molar-refractivity contribution is 5.85. The van der Waals surface area contributed by atoms with E-state index in [-0.39, 0.29) is 24.8 Å². The van der Waals surface area contributed by atoms with E-state index in [1.807, 2.05) is 0 Å². The van der Waals surface area contributed by atoms with Gasteiger partial charge in [0, 0.05) is 32.2 Å². The average Bonchev–Trinajstić information content (AvgIpc) is 2.68. The van der Waals surface area contributed by atoms with Crippen LogP contribution >= 0.6 is 24.8 Å². The minimum absolute atomic E-state index is 0. The van der Waals surface area contributed by atoms with Crippen molar-refractivity contribution in [3.05, 3.63) is 71.8 Å². The Morgan fingerprint density at radius 2 is 1.22 bits per heavy atom. The summed E-state index contributed by atoms with van der Waals surface area (Å²) in [6.07, 6.45) is 4.91. The average molecular weight is 409 g/mol. The summed E-state index contributed by atoms with van der Waals surface area (Å²) in [5.41, 5.74) is 2.91. The summed E-state index contributed by atoms with van der Waals surface area (Å²) in [5, 5.41) is 0. The van der Waals surface area contributed by atoms with Crippen LogP contribution in [0.4, 0.5) is 0 Å². The molecule has 0 spiro atoms. The summed E-state index contributed by atoms with van der Waals surface area (Å²) in [5.74, 6) is 0. The van der Waals surface area contributed by atoms with Gasteiger partial charge in [0.2, 0.25) is 0 Å². The van der Waals surface area contributed by atoms with Gasteiger partial charge in [-0.05, 0) is 36.9 Å². The molecule has 1 fully saturated rings. The molecule has 150 valence electrons. The van der Waals surface area contributed by atoms with E-state index < -0.39 is 0 Å². The molecule has 0 aromatic heterocycles. The number of nitrogens with zero attached hydrogens (tertiary/aromatic N) is 2. The fourth-order valence-corrected chi connectivity index (χ4v) is 3.84. The van der Waals surface area contributed by atoms with Gasteiger partial charge in [0.15, 0.2) is 0 Å². The zero-order valence-corrected chi connectivity index (χ0v) is 18.1. The molecule has 0 saturated carbocycles. The summed E-state index contributed by atoms with van der Waals surface area (Å²) in [4.78, 5) is 5.37. The van der Waals surface area contributed by atoms with E-state index in [0.717, 1.165) is 12.8 Å². The fourth-order valence-electron chi connectivity index (χ4n) is 3.84. The van der Waals surface area contributed by atoms with Gasteiger partial charge in [-0.1, -0.05) is 74.0 Å². The van der Waals surface area contributed by atoms with Crippen LogP contribution in [-0.2, 0) is 12.8 Å². The molecule has 2 aromatic carbocycles. The monoisotopic (exact) mass is 408 g/mol. The van der Waals surface area contributed by atoms with Gasteiger partial charge in [-0.2, -0.15) is 0 Å². The van der Waals surface area contributed by atoms with Crippen molar-refractivity contribution in [3.8, 4) is 0 Å². The summed E-state index contributed by atoms with van der Waals surface area (Å²) >= 11 is 0. The lowest BCUT2D eigenvalue weighted by atomic mass is 9.97. The molecule has 1 aliphatic rings. The highest BCUT2D eigenvalue weighted by atomic mass is 35.5. The van der Waals surface area contributed by atoms with Crippen molar-refractivity contribution in [1.29, 1.82) is 0 Å². The first-order valence-corrected chi connectivity index (χ1v) is 9.89. The molecular weight excluding hydrogens is 375 g/mol. The van der Waals surface area contributed by atoms with E-state index in [2.05, 4.69) is 77.4 Å². The molecule has 27 heavy (non-hydrogen) atoms. The minimum Gasteiger partial charge on any atom is -0.301 e. The van der Waals surface area contributed by atoms with Crippen molar-refractivity contribution in [1.82, 2.24) is 9.80 Å². The molecule has 0 radical (unpaired) electrons. The van der Waals surface area contributed by atoms with Gasteiger partial charge in [-0.3, -0.25) is 4.90 Å². The predicted octanol–water partition coefficient (Wildman–Crippen LogP) is 5.10. The van der Waals surface area contributed by atoms with Crippen LogP contribution in [0, 0.1) is 0 Å².